The highest BCUT2D eigenvalue weighted by atomic mass is 16.2. The molecule has 20 heavy (non-hydrogen) atoms. The van der Waals surface area contributed by atoms with Gasteiger partial charge < -0.3 is 4.90 Å². The number of Topliss-reactive ketones (excluding diaryl/α,β-unsaturated/α-hetero) is 1. The molecule has 3 nitrogen and oxygen atoms in total. The fourth-order valence-corrected chi connectivity index (χ4v) is 1.87. The maximum absolute atomic E-state index is 12.2. The van der Waals surface area contributed by atoms with Crippen molar-refractivity contribution in [2.24, 2.45) is 0 Å². The highest BCUT2D eigenvalue weighted by Gasteiger charge is 2.17. The van der Waals surface area contributed by atoms with Gasteiger partial charge in [0.1, 0.15) is 0 Å². The second-order valence-corrected chi connectivity index (χ2v) is 4.25. The molecule has 2 rings (SSSR count). The summed E-state index contributed by atoms with van der Waals surface area (Å²) in [5.41, 5.74) is 1.27. The number of hydrogen-bond donors (Lipinski definition) is 0. The molecule has 0 heterocycles. The molecule has 1 amide bonds. The topological polar surface area (TPSA) is 37.4 Å². The van der Waals surface area contributed by atoms with Crippen molar-refractivity contribution in [3.63, 3.8) is 0 Å². The molecule has 100 valence electrons. The lowest BCUT2D eigenvalue weighted by Crippen LogP contribution is -2.34. The Hall–Kier alpha value is -2.68. The number of amides is 1. The van der Waals surface area contributed by atoms with Gasteiger partial charge in [0.25, 0.3) is 5.91 Å². The van der Waals surface area contributed by atoms with Gasteiger partial charge in [-0.25, -0.2) is 0 Å². The summed E-state index contributed by atoms with van der Waals surface area (Å²) in [6.07, 6.45) is 1.21. The number of anilines is 1. The maximum atomic E-state index is 12.2. The van der Waals surface area contributed by atoms with Gasteiger partial charge >= 0.3 is 0 Å². The minimum absolute atomic E-state index is 0.00111. The molecule has 0 aliphatic carbocycles. The van der Waals surface area contributed by atoms with Gasteiger partial charge in [-0.1, -0.05) is 55.1 Å². The van der Waals surface area contributed by atoms with Crippen molar-refractivity contribution in [3.05, 3.63) is 78.9 Å². The van der Waals surface area contributed by atoms with Crippen LogP contribution in [0.25, 0.3) is 0 Å². The quantitative estimate of drug-likeness (QED) is 0.615. The fraction of sp³-hybridized carbons (Fsp3) is 0.0588. The number of rotatable bonds is 5. The third-order valence-electron chi connectivity index (χ3n) is 2.91. The van der Waals surface area contributed by atoms with E-state index < -0.39 is 0 Å². The normalized spacial score (nSPS) is 9.80. The zero-order valence-electron chi connectivity index (χ0n) is 11.0. The second kappa shape index (κ2) is 6.48. The maximum Gasteiger partial charge on any atom is 0.250 e. The van der Waals surface area contributed by atoms with E-state index in [2.05, 4.69) is 6.58 Å². The number of para-hydroxylation sites is 1. The van der Waals surface area contributed by atoms with E-state index in [1.54, 1.807) is 36.4 Å². The molecule has 0 fully saturated rings. The molecule has 0 saturated heterocycles. The third-order valence-corrected chi connectivity index (χ3v) is 2.91. The van der Waals surface area contributed by atoms with Crippen LogP contribution in [-0.2, 0) is 4.79 Å². The van der Waals surface area contributed by atoms with Crippen molar-refractivity contribution in [3.8, 4) is 0 Å². The van der Waals surface area contributed by atoms with Crippen molar-refractivity contribution >= 4 is 17.4 Å². The summed E-state index contributed by atoms with van der Waals surface area (Å²) >= 11 is 0. The Morgan fingerprint density at radius 3 is 2.05 bits per heavy atom. The van der Waals surface area contributed by atoms with E-state index in [4.69, 9.17) is 0 Å². The molecule has 0 aromatic heterocycles. The number of hydrogen-bond acceptors (Lipinski definition) is 2. The number of benzene rings is 2. The van der Waals surface area contributed by atoms with Crippen LogP contribution in [0.2, 0.25) is 0 Å². The van der Waals surface area contributed by atoms with Gasteiger partial charge in [0.15, 0.2) is 5.78 Å². The van der Waals surface area contributed by atoms with Gasteiger partial charge in [-0.2, -0.15) is 0 Å². The first kappa shape index (κ1) is 13.7. The molecule has 0 aliphatic heterocycles. The predicted octanol–water partition coefficient (Wildman–Crippen LogP) is 3.09. The Kier molecular flexibility index (Phi) is 4.45. The van der Waals surface area contributed by atoms with Crippen molar-refractivity contribution in [1.82, 2.24) is 0 Å². The summed E-state index contributed by atoms with van der Waals surface area (Å²) in [4.78, 5) is 25.6. The average molecular weight is 265 g/mol. The lowest BCUT2D eigenvalue weighted by Gasteiger charge is -2.20. The van der Waals surface area contributed by atoms with Gasteiger partial charge in [0, 0.05) is 11.3 Å². The average Bonchev–Trinajstić information content (AvgIpc) is 2.53. The minimum Gasteiger partial charge on any atom is -0.301 e. The highest BCUT2D eigenvalue weighted by Crippen LogP contribution is 2.15. The highest BCUT2D eigenvalue weighted by molar-refractivity contribution is 6.08. The van der Waals surface area contributed by atoms with Gasteiger partial charge in [0.05, 0.1) is 6.54 Å². The molecule has 0 unspecified atom stereocenters. The van der Waals surface area contributed by atoms with Crippen LogP contribution in [0, 0.1) is 0 Å². The molecule has 0 bridgehead atoms. The first-order valence-corrected chi connectivity index (χ1v) is 6.29. The van der Waals surface area contributed by atoms with Crippen LogP contribution in [0.5, 0.6) is 0 Å². The van der Waals surface area contributed by atoms with Gasteiger partial charge in [-0.3, -0.25) is 9.59 Å². The molecule has 0 aliphatic rings. The Morgan fingerprint density at radius 2 is 1.50 bits per heavy atom. The van der Waals surface area contributed by atoms with E-state index in [-0.39, 0.29) is 18.2 Å². The molecule has 0 N–H and O–H groups in total. The zero-order chi connectivity index (χ0) is 14.4. The van der Waals surface area contributed by atoms with Crippen LogP contribution in [-0.4, -0.2) is 18.2 Å². The Labute approximate surface area is 118 Å². The van der Waals surface area contributed by atoms with Crippen LogP contribution in [0.1, 0.15) is 10.4 Å². The Morgan fingerprint density at radius 1 is 0.950 bits per heavy atom. The summed E-state index contributed by atoms with van der Waals surface area (Å²) in [6.45, 7) is 3.48. The second-order valence-electron chi connectivity index (χ2n) is 4.25. The zero-order valence-corrected chi connectivity index (χ0v) is 11.0. The molecule has 0 spiro atoms. The molecule has 2 aromatic rings. The monoisotopic (exact) mass is 265 g/mol. The van der Waals surface area contributed by atoms with Crippen LogP contribution < -0.4 is 4.90 Å². The van der Waals surface area contributed by atoms with E-state index in [1.165, 1.54) is 11.0 Å². The van der Waals surface area contributed by atoms with E-state index in [0.29, 0.717) is 11.3 Å². The summed E-state index contributed by atoms with van der Waals surface area (Å²) < 4.78 is 0. The summed E-state index contributed by atoms with van der Waals surface area (Å²) in [5, 5.41) is 0. The lowest BCUT2D eigenvalue weighted by atomic mass is 10.1. The molecular formula is C17H15NO2. The Bertz CT molecular complexity index is 605. The number of carbonyl (C=O) groups excluding carboxylic acids is 2. The van der Waals surface area contributed by atoms with E-state index in [0.717, 1.165) is 0 Å². The standard InChI is InChI=1S/C17H15NO2/c1-2-17(20)18(15-11-7-4-8-12-15)13-16(19)14-9-5-3-6-10-14/h2-12H,1,13H2. The summed E-state index contributed by atoms with van der Waals surface area (Å²) in [7, 11) is 0. The smallest absolute Gasteiger partial charge is 0.250 e. The SMILES string of the molecule is C=CC(=O)N(CC(=O)c1ccccc1)c1ccccc1. The predicted molar refractivity (Wildman–Crippen MR) is 79.8 cm³/mol. The van der Waals surface area contributed by atoms with Crippen LogP contribution in [0.3, 0.4) is 0 Å². The number of carbonyl (C=O) groups is 2. The molecular weight excluding hydrogens is 250 g/mol. The van der Waals surface area contributed by atoms with Gasteiger partial charge in [0.2, 0.25) is 0 Å². The first-order valence-electron chi connectivity index (χ1n) is 6.29. The van der Waals surface area contributed by atoms with E-state index >= 15 is 0 Å². The molecule has 2 aromatic carbocycles. The van der Waals surface area contributed by atoms with Crippen molar-refractivity contribution < 1.29 is 9.59 Å². The van der Waals surface area contributed by atoms with E-state index in [1.807, 2.05) is 24.3 Å². The molecule has 0 atom stereocenters. The first-order chi connectivity index (χ1) is 9.72. The Balaban J connectivity index is 2.23. The number of ketones is 1. The largest absolute Gasteiger partial charge is 0.301 e. The summed E-state index contributed by atoms with van der Waals surface area (Å²) in [5.74, 6) is -0.398. The van der Waals surface area contributed by atoms with Crippen LogP contribution in [0.4, 0.5) is 5.69 Å². The molecule has 0 radical (unpaired) electrons. The molecule has 3 heteroatoms. The van der Waals surface area contributed by atoms with Crippen LogP contribution >= 0.6 is 0 Å². The van der Waals surface area contributed by atoms with E-state index in [9.17, 15) is 9.59 Å². The van der Waals surface area contributed by atoms with Crippen molar-refractivity contribution in [2.75, 3.05) is 11.4 Å². The molecule has 0 saturated carbocycles. The number of nitrogens with zero attached hydrogens (tertiary/aromatic N) is 1. The van der Waals surface area contributed by atoms with Crippen molar-refractivity contribution in [1.29, 1.82) is 0 Å². The summed E-state index contributed by atoms with van der Waals surface area (Å²) in [6, 6.07) is 18.0. The van der Waals surface area contributed by atoms with Gasteiger partial charge in [-0.15, -0.1) is 0 Å². The lowest BCUT2D eigenvalue weighted by molar-refractivity contribution is -0.114. The van der Waals surface area contributed by atoms with Gasteiger partial charge in [-0.05, 0) is 18.2 Å². The van der Waals surface area contributed by atoms with Crippen molar-refractivity contribution in [2.45, 2.75) is 0 Å². The minimum atomic E-state index is -0.291. The third kappa shape index (κ3) is 3.20. The fourth-order valence-electron chi connectivity index (χ4n) is 1.87. The van der Waals surface area contributed by atoms with Crippen LogP contribution in [0.15, 0.2) is 73.3 Å².